The molecule has 3 rings (SSSR count). The Morgan fingerprint density at radius 2 is 1.90 bits per heavy atom. The van der Waals surface area contributed by atoms with Crippen molar-refractivity contribution in [3.05, 3.63) is 48.3 Å². The number of aromatic nitrogens is 1. The largest absolute Gasteiger partial charge is 0.379 e. The molecule has 8 nitrogen and oxygen atoms in total. The normalized spacial score (nSPS) is 15.1. The number of rotatable bonds is 7. The molecule has 1 saturated heterocycles. The van der Waals surface area contributed by atoms with Gasteiger partial charge < -0.3 is 15.0 Å². The summed E-state index contributed by atoms with van der Waals surface area (Å²) in [6.45, 7) is 6.83. The fraction of sp³-hybridized carbons (Fsp3) is 0.400. The fourth-order valence-electron chi connectivity index (χ4n) is 3.24. The van der Waals surface area contributed by atoms with Gasteiger partial charge in [0.25, 0.3) is 5.91 Å². The minimum absolute atomic E-state index is 0.145. The smallest absolute Gasteiger partial charge is 0.274 e. The van der Waals surface area contributed by atoms with E-state index in [9.17, 15) is 13.2 Å². The number of hydrogen-bond acceptors (Lipinski definition) is 6. The first-order valence-corrected chi connectivity index (χ1v) is 11.1. The Hall–Kier alpha value is -2.49. The van der Waals surface area contributed by atoms with Crippen molar-refractivity contribution in [2.45, 2.75) is 18.7 Å². The Bertz CT molecular complexity index is 940. The van der Waals surface area contributed by atoms with Gasteiger partial charge in [0.2, 0.25) is 10.0 Å². The number of amides is 1. The summed E-state index contributed by atoms with van der Waals surface area (Å²) in [7, 11) is -3.67. The molecule has 2 aromatic rings. The highest BCUT2D eigenvalue weighted by Gasteiger charge is 2.27. The summed E-state index contributed by atoms with van der Waals surface area (Å²) >= 11 is 0. The van der Waals surface area contributed by atoms with Gasteiger partial charge in [-0.15, -0.1) is 0 Å². The van der Waals surface area contributed by atoms with Crippen molar-refractivity contribution in [1.82, 2.24) is 9.29 Å². The van der Waals surface area contributed by atoms with Gasteiger partial charge in [0, 0.05) is 32.4 Å². The van der Waals surface area contributed by atoms with Gasteiger partial charge in [-0.2, -0.15) is 4.31 Å². The van der Waals surface area contributed by atoms with Gasteiger partial charge in [-0.05, 0) is 44.2 Å². The molecule has 0 aliphatic carbocycles. The van der Waals surface area contributed by atoms with Gasteiger partial charge in [0.05, 0.1) is 29.5 Å². The van der Waals surface area contributed by atoms with Crippen LogP contribution in [0.15, 0.2) is 47.5 Å². The van der Waals surface area contributed by atoms with E-state index in [2.05, 4.69) is 15.2 Å². The number of carbonyl (C=O) groups excluding carboxylic acids is 1. The van der Waals surface area contributed by atoms with Crippen molar-refractivity contribution in [2.24, 2.45) is 0 Å². The summed E-state index contributed by atoms with van der Waals surface area (Å²) in [6, 6.07) is 9.93. The fourth-order valence-corrected chi connectivity index (χ4v) is 4.67. The molecule has 1 aliphatic heterocycles. The molecular weight excluding hydrogens is 392 g/mol. The van der Waals surface area contributed by atoms with Crippen molar-refractivity contribution < 1.29 is 17.9 Å². The summed E-state index contributed by atoms with van der Waals surface area (Å²) in [4.78, 5) is 18.9. The predicted octanol–water partition coefficient (Wildman–Crippen LogP) is 2.20. The molecule has 156 valence electrons. The Balaban J connectivity index is 1.98. The summed E-state index contributed by atoms with van der Waals surface area (Å²) in [5.41, 5.74) is 1.47. The monoisotopic (exact) mass is 418 g/mol. The second-order valence-corrected chi connectivity index (χ2v) is 8.47. The standard InChI is InChI=1S/C20H26N4O4S/c1-3-23(4-2)19-9-8-16(29(26,27)24-11-13-28-14-12-24)15-18(19)22-20(25)17-7-5-6-10-21-17/h5-10,15H,3-4,11-14H2,1-2H3,(H,22,25). The summed E-state index contributed by atoms with van der Waals surface area (Å²) in [5.74, 6) is -0.389. The average molecular weight is 419 g/mol. The van der Waals surface area contributed by atoms with Gasteiger partial charge in [-0.1, -0.05) is 6.07 Å². The third-order valence-corrected chi connectivity index (χ3v) is 6.72. The Kier molecular flexibility index (Phi) is 6.83. The van der Waals surface area contributed by atoms with E-state index in [0.717, 1.165) is 18.8 Å². The first-order valence-electron chi connectivity index (χ1n) is 9.66. The molecule has 29 heavy (non-hydrogen) atoms. The van der Waals surface area contributed by atoms with Crippen LogP contribution in [-0.2, 0) is 14.8 Å². The zero-order chi connectivity index (χ0) is 20.9. The second-order valence-electron chi connectivity index (χ2n) is 6.54. The number of ether oxygens (including phenoxy) is 1. The number of benzene rings is 1. The van der Waals surface area contributed by atoms with Crippen molar-refractivity contribution in [3.63, 3.8) is 0 Å². The van der Waals surface area contributed by atoms with Crippen LogP contribution in [-0.4, -0.2) is 63.0 Å². The number of nitrogens with one attached hydrogen (secondary N) is 1. The second kappa shape index (κ2) is 9.34. The maximum absolute atomic E-state index is 13.0. The molecular formula is C20H26N4O4S. The zero-order valence-corrected chi connectivity index (χ0v) is 17.5. The quantitative estimate of drug-likeness (QED) is 0.741. The van der Waals surface area contributed by atoms with Crippen LogP contribution in [0.2, 0.25) is 0 Å². The SMILES string of the molecule is CCN(CC)c1ccc(S(=O)(=O)N2CCOCC2)cc1NC(=O)c1ccccn1. The summed E-state index contributed by atoms with van der Waals surface area (Å²) in [6.07, 6.45) is 1.54. The highest BCUT2D eigenvalue weighted by Crippen LogP contribution is 2.30. The third kappa shape index (κ3) is 4.75. The average Bonchev–Trinajstić information content (AvgIpc) is 2.76. The lowest BCUT2D eigenvalue weighted by Gasteiger charge is -2.28. The molecule has 0 unspecified atom stereocenters. The number of hydrogen-bond donors (Lipinski definition) is 1. The topological polar surface area (TPSA) is 91.8 Å². The lowest BCUT2D eigenvalue weighted by molar-refractivity contribution is 0.0730. The number of sulfonamides is 1. The van der Waals surface area contributed by atoms with E-state index in [0.29, 0.717) is 32.0 Å². The van der Waals surface area contributed by atoms with Crippen molar-refractivity contribution in [1.29, 1.82) is 0 Å². The van der Waals surface area contributed by atoms with E-state index >= 15 is 0 Å². The van der Waals surface area contributed by atoms with Gasteiger partial charge in [0.15, 0.2) is 0 Å². The van der Waals surface area contributed by atoms with Crippen LogP contribution in [0, 0.1) is 0 Å². The van der Waals surface area contributed by atoms with Crippen LogP contribution in [0.4, 0.5) is 11.4 Å². The van der Waals surface area contributed by atoms with Crippen molar-refractivity contribution in [3.8, 4) is 0 Å². The molecule has 1 fully saturated rings. The van der Waals surface area contributed by atoms with E-state index < -0.39 is 10.0 Å². The molecule has 2 heterocycles. The molecule has 1 N–H and O–H groups in total. The van der Waals surface area contributed by atoms with Crippen LogP contribution in [0.5, 0.6) is 0 Å². The summed E-state index contributed by atoms with van der Waals surface area (Å²) < 4.78 is 32.8. The van der Waals surface area contributed by atoms with Crippen LogP contribution in [0.25, 0.3) is 0 Å². The molecule has 0 atom stereocenters. The maximum Gasteiger partial charge on any atom is 0.274 e. The number of carbonyl (C=O) groups is 1. The van der Waals surface area contributed by atoms with Gasteiger partial charge >= 0.3 is 0 Å². The highest BCUT2D eigenvalue weighted by atomic mass is 32.2. The number of morpholine rings is 1. The number of anilines is 2. The van der Waals surface area contributed by atoms with E-state index in [1.165, 1.54) is 10.4 Å². The van der Waals surface area contributed by atoms with Crippen molar-refractivity contribution >= 4 is 27.3 Å². The molecule has 0 bridgehead atoms. The first-order chi connectivity index (χ1) is 14.0. The minimum atomic E-state index is -3.67. The lowest BCUT2D eigenvalue weighted by Crippen LogP contribution is -2.40. The predicted molar refractivity (Wildman–Crippen MR) is 112 cm³/mol. The van der Waals surface area contributed by atoms with Crippen molar-refractivity contribution in [2.75, 3.05) is 49.6 Å². The highest BCUT2D eigenvalue weighted by molar-refractivity contribution is 7.89. The lowest BCUT2D eigenvalue weighted by atomic mass is 10.2. The number of pyridine rings is 1. The molecule has 1 amide bonds. The molecule has 0 radical (unpaired) electrons. The molecule has 0 spiro atoms. The van der Waals surface area contributed by atoms with E-state index in [-0.39, 0.29) is 16.5 Å². The van der Waals surface area contributed by atoms with Gasteiger partial charge in [-0.3, -0.25) is 9.78 Å². The van der Waals surface area contributed by atoms with Gasteiger partial charge in [-0.25, -0.2) is 8.42 Å². The Morgan fingerprint density at radius 1 is 1.17 bits per heavy atom. The molecule has 9 heteroatoms. The summed E-state index contributed by atoms with van der Waals surface area (Å²) in [5, 5.41) is 2.84. The maximum atomic E-state index is 13.0. The Labute approximate surface area is 171 Å². The van der Waals surface area contributed by atoms with Gasteiger partial charge in [0.1, 0.15) is 5.69 Å². The molecule has 1 aliphatic rings. The zero-order valence-electron chi connectivity index (χ0n) is 16.7. The van der Waals surface area contributed by atoms with E-state index in [1.54, 1.807) is 36.5 Å². The van der Waals surface area contributed by atoms with E-state index in [1.807, 2.05) is 13.8 Å². The first kappa shape index (κ1) is 21.2. The molecule has 1 aromatic carbocycles. The third-order valence-electron chi connectivity index (χ3n) is 4.83. The molecule has 0 saturated carbocycles. The van der Waals surface area contributed by atoms with Crippen LogP contribution >= 0.6 is 0 Å². The van der Waals surface area contributed by atoms with E-state index in [4.69, 9.17) is 4.74 Å². The van der Waals surface area contributed by atoms with Crippen LogP contribution in [0.3, 0.4) is 0 Å². The number of nitrogens with zero attached hydrogens (tertiary/aromatic N) is 3. The molecule has 1 aromatic heterocycles. The Morgan fingerprint density at radius 3 is 2.52 bits per heavy atom. The minimum Gasteiger partial charge on any atom is -0.379 e. The van der Waals surface area contributed by atoms with Crippen LogP contribution in [0.1, 0.15) is 24.3 Å². The van der Waals surface area contributed by atoms with Crippen LogP contribution < -0.4 is 10.2 Å².